The van der Waals surface area contributed by atoms with Crippen molar-refractivity contribution in [2.24, 2.45) is 34.5 Å². The van der Waals surface area contributed by atoms with Crippen LogP contribution in [0.4, 0.5) is 0 Å². The van der Waals surface area contributed by atoms with E-state index in [1.165, 1.54) is 31.8 Å². The summed E-state index contributed by atoms with van der Waals surface area (Å²) in [5.74, 6) is 1.47. The third-order valence-electron chi connectivity index (χ3n) is 8.17. The number of carbonyl (C=O) groups excluding carboxylic acids is 2. The maximum Gasteiger partial charge on any atom is 0.221 e. The Labute approximate surface area is 144 Å². The molecule has 0 aromatic heterocycles. The van der Waals surface area contributed by atoms with Crippen molar-refractivity contribution in [2.75, 3.05) is 0 Å². The van der Waals surface area contributed by atoms with Gasteiger partial charge in [-0.15, -0.1) is 0 Å². The fourth-order valence-electron chi connectivity index (χ4n) is 6.76. The predicted octanol–water partition coefficient (Wildman–Crippen LogP) is 4.39. The first kappa shape index (κ1) is 16.1. The second-order valence-corrected chi connectivity index (χ2v) is 9.02. The number of hydrogen-bond donors (Lipinski definition) is 1. The Morgan fingerprint density at radius 3 is 2.58 bits per heavy atom. The van der Waals surface area contributed by atoms with E-state index in [1.54, 1.807) is 0 Å². The Morgan fingerprint density at radius 1 is 1.12 bits per heavy atom. The molecule has 3 heteroatoms. The molecule has 4 rings (SSSR count). The van der Waals surface area contributed by atoms with Gasteiger partial charge in [0.25, 0.3) is 0 Å². The molecule has 24 heavy (non-hydrogen) atoms. The van der Waals surface area contributed by atoms with Crippen LogP contribution >= 0.6 is 0 Å². The van der Waals surface area contributed by atoms with E-state index in [2.05, 4.69) is 20.8 Å². The van der Waals surface area contributed by atoms with E-state index >= 15 is 0 Å². The fraction of sp³-hybridized carbons (Fsp3) is 0.714. The number of rotatable bonds is 1. The lowest BCUT2D eigenvalue weighted by Gasteiger charge is -2.56. The van der Waals surface area contributed by atoms with Crippen LogP contribution in [0.5, 0.6) is 0 Å². The van der Waals surface area contributed by atoms with E-state index in [0.717, 1.165) is 17.9 Å². The second kappa shape index (κ2) is 5.06. The highest BCUT2D eigenvalue weighted by Gasteiger charge is 2.60. The Hall–Kier alpha value is -1.38. The molecule has 0 aromatic carbocycles. The average Bonchev–Trinajstić information content (AvgIpc) is 2.87. The van der Waals surface area contributed by atoms with Crippen LogP contribution in [-0.2, 0) is 9.59 Å². The molecule has 0 unspecified atom stereocenters. The normalized spacial score (nSPS) is 47.5. The van der Waals surface area contributed by atoms with Gasteiger partial charge in [-0.1, -0.05) is 27.2 Å². The first-order valence-electron chi connectivity index (χ1n) is 9.51. The van der Waals surface area contributed by atoms with Crippen molar-refractivity contribution in [1.29, 1.82) is 0 Å². The summed E-state index contributed by atoms with van der Waals surface area (Å²) >= 11 is 0. The zero-order valence-corrected chi connectivity index (χ0v) is 15.0. The van der Waals surface area contributed by atoms with Gasteiger partial charge in [0.05, 0.1) is 5.76 Å². The highest BCUT2D eigenvalue weighted by atomic mass is 16.3. The number of fused-ring (bicyclic) bond motifs is 5. The van der Waals surface area contributed by atoms with E-state index in [0.29, 0.717) is 23.5 Å². The molecule has 0 aromatic rings. The largest absolute Gasteiger partial charge is 0.512 e. The highest BCUT2D eigenvalue weighted by molar-refractivity contribution is 6.42. The minimum Gasteiger partial charge on any atom is -0.512 e. The van der Waals surface area contributed by atoms with Gasteiger partial charge in [-0.05, 0) is 66.6 Å². The number of hydrogen-bond acceptors (Lipinski definition) is 3. The van der Waals surface area contributed by atoms with Gasteiger partial charge in [0.1, 0.15) is 0 Å². The Morgan fingerprint density at radius 2 is 1.88 bits per heavy atom. The lowest BCUT2D eigenvalue weighted by molar-refractivity contribution is -0.137. The summed E-state index contributed by atoms with van der Waals surface area (Å²) in [7, 11) is 0. The fourth-order valence-corrected chi connectivity index (χ4v) is 6.76. The van der Waals surface area contributed by atoms with Gasteiger partial charge in [0.2, 0.25) is 11.6 Å². The molecule has 0 bridgehead atoms. The van der Waals surface area contributed by atoms with Crippen molar-refractivity contribution in [3.8, 4) is 0 Å². The Bertz CT molecular complexity index is 673. The minimum atomic E-state index is -0.405. The zero-order chi connectivity index (χ0) is 17.3. The minimum absolute atomic E-state index is 0.156. The van der Waals surface area contributed by atoms with Crippen molar-refractivity contribution in [3.63, 3.8) is 0 Å². The van der Waals surface area contributed by atoms with E-state index < -0.39 is 5.78 Å². The molecular formula is C21H28O3. The topological polar surface area (TPSA) is 54.4 Å². The van der Waals surface area contributed by atoms with Gasteiger partial charge < -0.3 is 5.11 Å². The van der Waals surface area contributed by atoms with E-state index in [4.69, 9.17) is 0 Å². The molecule has 0 spiro atoms. The van der Waals surface area contributed by atoms with Crippen LogP contribution in [0.25, 0.3) is 0 Å². The number of ketones is 2. The molecule has 3 nitrogen and oxygen atoms in total. The number of aliphatic hydroxyl groups is 1. The smallest absolute Gasteiger partial charge is 0.221 e. The maximum absolute atomic E-state index is 12.1. The first-order valence-corrected chi connectivity index (χ1v) is 9.51. The van der Waals surface area contributed by atoms with Crippen LogP contribution < -0.4 is 0 Å². The molecule has 4 aliphatic rings. The van der Waals surface area contributed by atoms with Crippen molar-refractivity contribution in [3.05, 3.63) is 23.5 Å². The third-order valence-corrected chi connectivity index (χ3v) is 8.17. The molecular weight excluding hydrogens is 300 g/mol. The van der Waals surface area contributed by atoms with Gasteiger partial charge >= 0.3 is 0 Å². The summed E-state index contributed by atoms with van der Waals surface area (Å²) in [6.45, 7) is 6.85. The molecule has 1 N–H and O–H groups in total. The standard InChI is InChI=1S/C21H28O3/c1-4-12-5-6-14-19-15(7-8-20(12,14)2)21(3)11-18(24)16(22)9-13(21)10-17(19)23/h9-10,12,14-15,19,23H,4-8,11H2,1-3H3/t12-,14-,15-,19-,20+,21-/m0/s1. The van der Waals surface area contributed by atoms with Crippen molar-refractivity contribution >= 4 is 11.6 Å². The molecule has 6 atom stereocenters. The molecule has 0 radical (unpaired) electrons. The summed E-state index contributed by atoms with van der Waals surface area (Å²) in [4.78, 5) is 24.0. The van der Waals surface area contributed by atoms with Crippen LogP contribution in [-0.4, -0.2) is 16.7 Å². The lowest BCUT2D eigenvalue weighted by atomic mass is 9.48. The van der Waals surface area contributed by atoms with Gasteiger partial charge in [0.15, 0.2) is 0 Å². The highest BCUT2D eigenvalue weighted by Crippen LogP contribution is 2.66. The van der Waals surface area contributed by atoms with Gasteiger partial charge in [0, 0.05) is 17.8 Å². The van der Waals surface area contributed by atoms with Crippen LogP contribution in [0.1, 0.15) is 59.3 Å². The molecule has 2 saturated carbocycles. The maximum atomic E-state index is 12.1. The summed E-state index contributed by atoms with van der Waals surface area (Å²) in [5.41, 5.74) is 0.900. The quantitative estimate of drug-likeness (QED) is 0.727. The lowest BCUT2D eigenvalue weighted by Crippen LogP contribution is -2.51. The third kappa shape index (κ3) is 1.90. The first-order chi connectivity index (χ1) is 11.3. The van der Waals surface area contributed by atoms with Crippen molar-refractivity contribution in [2.45, 2.75) is 59.3 Å². The second-order valence-electron chi connectivity index (χ2n) is 9.02. The van der Waals surface area contributed by atoms with Gasteiger partial charge in [-0.3, -0.25) is 9.59 Å². The number of allylic oxidation sites excluding steroid dienone is 4. The Balaban J connectivity index is 1.79. The zero-order valence-electron chi connectivity index (χ0n) is 15.0. The molecule has 0 heterocycles. The van der Waals surface area contributed by atoms with Crippen LogP contribution in [0, 0.1) is 34.5 Å². The number of Topliss-reactive ketones (excluding diaryl/α,β-unsaturated/α-hetero) is 1. The summed E-state index contributed by atoms with van der Waals surface area (Å²) in [5, 5.41) is 10.9. The van der Waals surface area contributed by atoms with Crippen LogP contribution in [0.15, 0.2) is 23.5 Å². The van der Waals surface area contributed by atoms with E-state index in [1.807, 2.05) is 6.08 Å². The molecule has 0 aliphatic heterocycles. The van der Waals surface area contributed by atoms with Crippen LogP contribution in [0.2, 0.25) is 0 Å². The summed E-state index contributed by atoms with van der Waals surface area (Å²) < 4.78 is 0. The average molecular weight is 328 g/mol. The number of aliphatic hydroxyl groups excluding tert-OH is 1. The molecule has 0 amide bonds. The summed E-state index contributed by atoms with van der Waals surface area (Å²) in [6, 6.07) is 0. The van der Waals surface area contributed by atoms with Crippen molar-refractivity contribution in [1.82, 2.24) is 0 Å². The molecule has 2 fully saturated rings. The molecule has 0 saturated heterocycles. The predicted molar refractivity (Wildman–Crippen MR) is 92.4 cm³/mol. The van der Waals surface area contributed by atoms with E-state index in [-0.39, 0.29) is 23.0 Å². The van der Waals surface area contributed by atoms with Crippen LogP contribution in [0.3, 0.4) is 0 Å². The van der Waals surface area contributed by atoms with Gasteiger partial charge in [-0.2, -0.15) is 0 Å². The van der Waals surface area contributed by atoms with Gasteiger partial charge in [-0.25, -0.2) is 0 Å². The SMILES string of the molecule is CC[C@H]1CC[C@H]2[C@@H]3C(O)=CC4=CC(=O)C(=O)C[C@]4(C)[C@H]3CC[C@]12C. The molecule has 130 valence electrons. The van der Waals surface area contributed by atoms with Crippen molar-refractivity contribution < 1.29 is 14.7 Å². The Kier molecular flexibility index (Phi) is 3.40. The summed E-state index contributed by atoms with van der Waals surface area (Å²) in [6.07, 6.45) is 9.47. The van der Waals surface area contributed by atoms with E-state index in [9.17, 15) is 14.7 Å². The monoisotopic (exact) mass is 328 g/mol. The molecule has 4 aliphatic carbocycles. The number of carbonyl (C=O) groups is 2.